The van der Waals surface area contributed by atoms with Gasteiger partial charge in [-0.15, -0.1) is 0 Å². The number of hydrogen-bond donors (Lipinski definition) is 9. The second-order valence-electron chi connectivity index (χ2n) is 10.8. The van der Waals surface area contributed by atoms with E-state index in [9.17, 15) is 57.3 Å². The molecule has 9 atom stereocenters. The van der Waals surface area contributed by atoms with Gasteiger partial charge in [0.25, 0.3) is 16.7 Å². The van der Waals surface area contributed by atoms with Crippen molar-refractivity contribution in [1.29, 1.82) is 0 Å². The van der Waals surface area contributed by atoms with Crippen LogP contribution in [0.5, 0.6) is 0 Å². The van der Waals surface area contributed by atoms with Gasteiger partial charge in [0.1, 0.15) is 38.0 Å². The van der Waals surface area contributed by atoms with E-state index in [2.05, 4.69) is 14.2 Å². The lowest BCUT2D eigenvalue weighted by Crippen LogP contribution is -2.35. The highest BCUT2D eigenvalue weighted by molar-refractivity contribution is 4.93. The Labute approximate surface area is 288 Å². The van der Waals surface area contributed by atoms with Gasteiger partial charge in [0.2, 0.25) is 17.6 Å². The summed E-state index contributed by atoms with van der Waals surface area (Å²) in [5.41, 5.74) is -5.25. The molecule has 3 aliphatic heterocycles. The van der Waals surface area contributed by atoms with Crippen molar-refractivity contribution in [2.24, 2.45) is 0 Å². The molecule has 24 heteroatoms. The van der Waals surface area contributed by atoms with Crippen molar-refractivity contribution >= 4 is 0 Å². The first-order valence-electron chi connectivity index (χ1n) is 17.2. The van der Waals surface area contributed by atoms with Crippen molar-refractivity contribution in [3.05, 3.63) is 99.3 Å². The van der Waals surface area contributed by atoms with Gasteiger partial charge in [-0.25, -0.2) is 27.6 Å². The number of halogens is 3. The fourth-order valence-electron chi connectivity index (χ4n) is 4.68. The van der Waals surface area contributed by atoms with Gasteiger partial charge in [-0.05, 0) is 0 Å². The summed E-state index contributed by atoms with van der Waals surface area (Å²) in [5.74, 6) is -9.12. The third kappa shape index (κ3) is 9.04. The fourth-order valence-corrected chi connectivity index (χ4v) is 4.68. The van der Waals surface area contributed by atoms with Gasteiger partial charge in [0.05, 0.1) is 8.22 Å². The maximum Gasteiger partial charge on any atom is 0.330 e. The molecule has 0 aliphatic carbocycles. The zero-order valence-corrected chi connectivity index (χ0v) is 25.4. The zero-order valence-electron chi connectivity index (χ0n) is 31.4. The Kier molecular flexibility index (Phi) is 9.41. The summed E-state index contributed by atoms with van der Waals surface area (Å²) < 4.78 is 101. The number of aliphatic hydroxyl groups is 6. The molecule has 0 unspecified atom stereocenters. The molecule has 3 aromatic rings. The first-order chi connectivity index (χ1) is 25.9. The fraction of sp³-hybridized carbons (Fsp3) is 0.556. The Morgan fingerprint density at radius 1 is 0.647 bits per heavy atom. The molecule has 3 aliphatic rings. The van der Waals surface area contributed by atoms with E-state index in [1.807, 2.05) is 9.97 Å². The quantitative estimate of drug-likeness (QED) is 0.115. The van der Waals surface area contributed by atoms with Crippen LogP contribution in [0, 0.1) is 0 Å². The number of aromatic nitrogens is 6. The number of aromatic amines is 3. The van der Waals surface area contributed by atoms with Crippen LogP contribution in [0.15, 0.2) is 65.6 Å². The molecule has 0 radical (unpaired) electrons. The molecule has 0 aromatic carbocycles. The molecular formula is C27H33F3N6O15. The lowest BCUT2D eigenvalue weighted by molar-refractivity contribution is -0.181. The predicted molar refractivity (Wildman–Crippen MR) is 159 cm³/mol. The van der Waals surface area contributed by atoms with Crippen LogP contribution in [0.1, 0.15) is 46.1 Å². The molecule has 6 rings (SSSR count). The first kappa shape index (κ1) is 31.2. The normalized spacial score (nSPS) is 38.1. The van der Waals surface area contributed by atoms with Gasteiger partial charge in [-0.1, -0.05) is 0 Å². The minimum atomic E-state index is -3.48. The molecule has 0 bridgehead atoms. The van der Waals surface area contributed by atoms with E-state index in [1.165, 1.54) is 0 Å². The number of alkyl halides is 3. The second kappa shape index (κ2) is 15.4. The molecule has 51 heavy (non-hydrogen) atoms. The molecular weight excluding hydrogens is 705 g/mol. The van der Waals surface area contributed by atoms with E-state index in [0.29, 0.717) is 13.7 Å². The van der Waals surface area contributed by atoms with Crippen LogP contribution < -0.4 is 33.7 Å². The molecule has 0 saturated carbocycles. The van der Waals surface area contributed by atoms with Crippen LogP contribution in [0.25, 0.3) is 0 Å². The standard InChI is InChI=1S/3C9H11FN2O5/c3*10-9(4-13)3-5(14)7(17-9)12-2-1-6(15)11-8(12)16/h3*1-2,5,7,13-14H,3-4H2,(H,11,15,16)/t3*5-,7-,9+/m111/s1/i4D2,7D;7D;4D2. The smallest absolute Gasteiger partial charge is 0.330 e. The number of rotatable bonds is 6. The van der Waals surface area contributed by atoms with E-state index in [0.717, 1.165) is 36.8 Å². The van der Waals surface area contributed by atoms with Crippen LogP contribution in [0.2, 0.25) is 0 Å². The van der Waals surface area contributed by atoms with Crippen molar-refractivity contribution in [2.75, 3.05) is 19.7 Å². The Balaban J connectivity index is 0.000000190. The minimum absolute atomic E-state index is 0.395. The van der Waals surface area contributed by atoms with Crippen LogP contribution in [0.3, 0.4) is 0 Å². The second-order valence-corrected chi connectivity index (χ2v) is 10.8. The number of aliphatic hydroxyl groups excluding tert-OH is 4. The van der Waals surface area contributed by atoms with E-state index in [1.54, 1.807) is 4.98 Å². The lowest BCUT2D eigenvalue weighted by Gasteiger charge is -2.18. The molecule has 3 fully saturated rings. The van der Waals surface area contributed by atoms with E-state index in [4.69, 9.17) is 23.5 Å². The largest absolute Gasteiger partial charge is 0.390 e. The lowest BCUT2D eigenvalue weighted by atomic mass is 10.2. The number of nitrogens with zero attached hydrogens (tertiary/aromatic N) is 3. The third-order valence-corrected chi connectivity index (χ3v) is 7.00. The van der Waals surface area contributed by atoms with Crippen LogP contribution in [-0.4, -0.2) is 115 Å². The SMILES string of the molecule is [2H]C([2H])(O)[C@]1(F)C[C@@H](O)[C@H](n2ccc(=O)[nH]c2=O)O1.[2H]C([2H])(O)[C@]1(F)C[C@@H](O)[C@]([2H])(n2ccc(=O)[nH]c2=O)O1.[2H][C@@]1(n2ccc(=O)[nH]c2=O)O[C@](F)(CO)C[C@H]1O. The highest BCUT2D eigenvalue weighted by atomic mass is 19.2. The first-order valence-corrected chi connectivity index (χ1v) is 14.2. The summed E-state index contributed by atoms with van der Waals surface area (Å²) in [6.07, 6.45) is -11.7. The molecule has 0 spiro atoms. The molecule has 6 heterocycles. The monoisotopic (exact) mass is 744 g/mol. The summed E-state index contributed by atoms with van der Waals surface area (Å²) >= 11 is 0. The Morgan fingerprint density at radius 3 is 1.33 bits per heavy atom. The van der Waals surface area contributed by atoms with Gasteiger partial charge in [0, 0.05) is 56.1 Å². The molecule has 3 aromatic heterocycles. The van der Waals surface area contributed by atoms with Gasteiger partial charge < -0.3 is 44.8 Å². The highest BCUT2D eigenvalue weighted by Crippen LogP contribution is 2.38. The van der Waals surface area contributed by atoms with Gasteiger partial charge in [-0.3, -0.25) is 43.0 Å². The van der Waals surface area contributed by atoms with Crippen molar-refractivity contribution in [3.63, 3.8) is 0 Å². The van der Waals surface area contributed by atoms with E-state index >= 15 is 0 Å². The zero-order chi connectivity index (χ0) is 43.3. The molecule has 3 saturated heterocycles. The van der Waals surface area contributed by atoms with Crippen molar-refractivity contribution in [3.8, 4) is 0 Å². The average molecular weight is 745 g/mol. The topological polar surface area (TPSA) is 314 Å². The maximum atomic E-state index is 14.1. The molecule has 9 N–H and O–H groups in total. The van der Waals surface area contributed by atoms with Crippen LogP contribution >= 0.6 is 0 Å². The number of hydrogen-bond acceptors (Lipinski definition) is 15. The van der Waals surface area contributed by atoms with Crippen LogP contribution in [-0.2, 0) is 14.2 Å². The van der Waals surface area contributed by atoms with Crippen LogP contribution in [0.4, 0.5) is 13.2 Å². The molecule has 0 amide bonds. The number of ether oxygens (including phenoxy) is 3. The van der Waals surface area contributed by atoms with Gasteiger partial charge >= 0.3 is 17.1 Å². The summed E-state index contributed by atoms with van der Waals surface area (Å²) in [6.45, 7) is -7.88. The van der Waals surface area contributed by atoms with Gasteiger partial charge in [-0.2, -0.15) is 0 Å². The summed E-state index contributed by atoms with van der Waals surface area (Å²) in [4.78, 5) is 72.7. The van der Waals surface area contributed by atoms with Crippen molar-refractivity contribution < 1.29 is 66.2 Å². The van der Waals surface area contributed by atoms with E-state index < -0.39 is 127 Å². The Morgan fingerprint density at radius 2 is 1.00 bits per heavy atom. The average Bonchev–Trinajstić information content (AvgIpc) is 3.61. The summed E-state index contributed by atoms with van der Waals surface area (Å²) in [6, 6.07) is 2.74. The number of H-pyrrole nitrogens is 3. The van der Waals surface area contributed by atoms with Gasteiger partial charge in [0.15, 0.2) is 18.6 Å². The number of nitrogens with one attached hydrogen (secondary N) is 3. The molecule has 282 valence electrons. The van der Waals surface area contributed by atoms with Crippen molar-refractivity contribution in [2.45, 2.75) is 73.8 Å². The third-order valence-electron chi connectivity index (χ3n) is 7.00. The summed E-state index contributed by atoms with van der Waals surface area (Å²) in [7, 11) is 0. The highest BCUT2D eigenvalue weighted by Gasteiger charge is 2.49. The Bertz CT molecular complexity index is 2320. The Hall–Kier alpha value is -4.53. The van der Waals surface area contributed by atoms with Crippen molar-refractivity contribution in [1.82, 2.24) is 28.7 Å². The predicted octanol–water partition coefficient (Wildman–Crippen LogP) is -4.58. The minimum Gasteiger partial charge on any atom is -0.390 e. The van der Waals surface area contributed by atoms with E-state index in [-0.39, 0.29) is 0 Å². The summed E-state index contributed by atoms with van der Waals surface area (Å²) in [5, 5.41) is 55.9. The molecule has 21 nitrogen and oxygen atoms in total. The maximum absolute atomic E-state index is 14.1.